The zero-order chi connectivity index (χ0) is 15.3. The maximum atomic E-state index is 13.0. The molecule has 2 bridgehead atoms. The zero-order valence-electron chi connectivity index (χ0n) is 12.9. The van der Waals surface area contributed by atoms with Crippen LogP contribution in [0.15, 0.2) is 16.3 Å². The molecule has 0 amide bonds. The summed E-state index contributed by atoms with van der Waals surface area (Å²) in [5.41, 5.74) is -0.00222. The molecule has 3 heterocycles. The van der Waals surface area contributed by atoms with E-state index in [1.807, 2.05) is 6.07 Å². The second-order valence-electron chi connectivity index (χ2n) is 7.08. The van der Waals surface area contributed by atoms with Crippen LogP contribution in [0.1, 0.15) is 44.9 Å². The molecule has 2 saturated heterocycles. The van der Waals surface area contributed by atoms with Crippen LogP contribution in [0.4, 0.5) is 0 Å². The molecule has 4 nitrogen and oxygen atoms in total. The Morgan fingerprint density at radius 1 is 1.19 bits per heavy atom. The van der Waals surface area contributed by atoms with Gasteiger partial charge in [-0.1, -0.05) is 20.8 Å². The summed E-state index contributed by atoms with van der Waals surface area (Å²) in [7, 11) is -3.35. The molecule has 0 aliphatic carbocycles. The molecule has 118 valence electrons. The van der Waals surface area contributed by atoms with Gasteiger partial charge in [0.15, 0.2) is 0 Å². The van der Waals surface area contributed by atoms with Crippen molar-refractivity contribution in [2.45, 2.75) is 61.7 Å². The van der Waals surface area contributed by atoms with Gasteiger partial charge in [0.05, 0.1) is 0 Å². The minimum atomic E-state index is -3.35. The molecule has 1 aromatic rings. The van der Waals surface area contributed by atoms with Crippen LogP contribution in [0.5, 0.6) is 0 Å². The highest BCUT2D eigenvalue weighted by Gasteiger charge is 2.43. The summed E-state index contributed by atoms with van der Waals surface area (Å²) >= 11 is 1.43. The molecule has 1 N–H and O–H groups in total. The molecular formula is C15H24N2O2S2. The van der Waals surface area contributed by atoms with E-state index in [1.54, 1.807) is 10.4 Å². The highest BCUT2D eigenvalue weighted by Crippen LogP contribution is 2.38. The average molecular weight is 329 g/mol. The van der Waals surface area contributed by atoms with Gasteiger partial charge in [0.2, 0.25) is 0 Å². The molecule has 2 unspecified atom stereocenters. The molecule has 0 aromatic carbocycles. The number of nitrogens with zero attached hydrogens (tertiary/aromatic N) is 1. The minimum absolute atomic E-state index is 0.00222. The number of fused-ring (bicyclic) bond motifs is 2. The summed E-state index contributed by atoms with van der Waals surface area (Å²) in [6.45, 7) is 8.07. The third-order valence-electron chi connectivity index (χ3n) is 4.44. The lowest BCUT2D eigenvalue weighted by Gasteiger charge is -2.26. The quantitative estimate of drug-likeness (QED) is 0.908. The van der Waals surface area contributed by atoms with Crippen LogP contribution < -0.4 is 5.32 Å². The monoisotopic (exact) mass is 328 g/mol. The molecule has 0 saturated carbocycles. The maximum Gasteiger partial charge on any atom is 0.253 e. The average Bonchev–Trinajstić information content (AvgIpc) is 2.93. The smallest absolute Gasteiger partial charge is 0.253 e. The van der Waals surface area contributed by atoms with Crippen LogP contribution in [0, 0.1) is 0 Å². The van der Waals surface area contributed by atoms with Crippen LogP contribution in [0.25, 0.3) is 0 Å². The van der Waals surface area contributed by atoms with Crippen LogP contribution >= 0.6 is 11.3 Å². The summed E-state index contributed by atoms with van der Waals surface area (Å²) < 4.78 is 28.4. The van der Waals surface area contributed by atoms with E-state index in [4.69, 9.17) is 0 Å². The Morgan fingerprint density at radius 3 is 2.57 bits per heavy atom. The number of hydrogen-bond acceptors (Lipinski definition) is 4. The molecule has 0 radical (unpaired) electrons. The highest BCUT2D eigenvalue weighted by atomic mass is 32.2. The first-order chi connectivity index (χ1) is 9.80. The normalized spacial score (nSPS) is 27.8. The number of sulfonamides is 1. The van der Waals surface area contributed by atoms with Gasteiger partial charge in [-0.2, -0.15) is 4.31 Å². The van der Waals surface area contributed by atoms with Crippen molar-refractivity contribution in [3.63, 3.8) is 0 Å². The fourth-order valence-electron chi connectivity index (χ4n) is 3.30. The Morgan fingerprint density at radius 2 is 1.90 bits per heavy atom. The van der Waals surface area contributed by atoms with Crippen molar-refractivity contribution in [2.24, 2.45) is 0 Å². The van der Waals surface area contributed by atoms with E-state index in [1.165, 1.54) is 11.3 Å². The number of thiophene rings is 1. The van der Waals surface area contributed by atoms with Crippen molar-refractivity contribution in [1.82, 2.24) is 9.62 Å². The zero-order valence-corrected chi connectivity index (χ0v) is 14.6. The standard InChI is InChI=1S/C15H24N2O2S2/c1-15(2,3)13-6-7-14(20-13)21(18,19)17-11-4-5-12(17)10-16-9-8-11/h6-7,11-12,16H,4-5,8-10H2,1-3H3. The van der Waals surface area contributed by atoms with Crippen molar-refractivity contribution in [1.29, 1.82) is 0 Å². The summed E-state index contributed by atoms with van der Waals surface area (Å²) in [5, 5.41) is 3.36. The third kappa shape index (κ3) is 2.79. The largest absolute Gasteiger partial charge is 0.315 e. The van der Waals surface area contributed by atoms with E-state index in [-0.39, 0.29) is 17.5 Å². The van der Waals surface area contributed by atoms with Gasteiger partial charge >= 0.3 is 0 Å². The van der Waals surface area contributed by atoms with E-state index < -0.39 is 10.0 Å². The van der Waals surface area contributed by atoms with E-state index in [0.29, 0.717) is 4.21 Å². The van der Waals surface area contributed by atoms with Gasteiger partial charge in [0, 0.05) is 23.5 Å². The summed E-state index contributed by atoms with van der Waals surface area (Å²) in [6, 6.07) is 4.06. The molecule has 21 heavy (non-hydrogen) atoms. The Balaban J connectivity index is 1.95. The molecule has 1 aromatic heterocycles. The van der Waals surface area contributed by atoms with E-state index in [9.17, 15) is 8.42 Å². The number of rotatable bonds is 2. The van der Waals surface area contributed by atoms with Crippen LogP contribution in [-0.4, -0.2) is 37.9 Å². The molecular weight excluding hydrogens is 304 g/mol. The summed E-state index contributed by atoms with van der Waals surface area (Å²) in [5.74, 6) is 0. The first-order valence-corrected chi connectivity index (χ1v) is 9.90. The predicted octanol–water partition coefficient (Wildman–Crippen LogP) is 2.56. The summed E-state index contributed by atoms with van der Waals surface area (Å²) in [4.78, 5) is 1.13. The van der Waals surface area contributed by atoms with Crippen LogP contribution in [0.2, 0.25) is 0 Å². The lowest BCUT2D eigenvalue weighted by atomic mass is 9.95. The maximum absolute atomic E-state index is 13.0. The van der Waals surface area contributed by atoms with Crippen molar-refractivity contribution >= 4 is 21.4 Å². The Bertz CT molecular complexity index is 602. The first-order valence-electron chi connectivity index (χ1n) is 7.65. The Kier molecular flexibility index (Phi) is 3.93. The van der Waals surface area contributed by atoms with Crippen molar-refractivity contribution in [3.05, 3.63) is 17.0 Å². The lowest BCUT2D eigenvalue weighted by molar-refractivity contribution is 0.335. The van der Waals surface area contributed by atoms with Crippen LogP contribution in [-0.2, 0) is 15.4 Å². The first kappa shape index (κ1) is 15.5. The van der Waals surface area contributed by atoms with Gasteiger partial charge in [-0.25, -0.2) is 8.42 Å². The Hall–Kier alpha value is -0.430. The van der Waals surface area contributed by atoms with Crippen molar-refractivity contribution < 1.29 is 8.42 Å². The van der Waals surface area contributed by atoms with Gasteiger partial charge in [0.1, 0.15) is 4.21 Å². The van der Waals surface area contributed by atoms with Crippen molar-refractivity contribution in [2.75, 3.05) is 13.1 Å². The second kappa shape index (κ2) is 5.33. The molecule has 2 fully saturated rings. The molecule has 0 spiro atoms. The number of hydrogen-bond donors (Lipinski definition) is 1. The van der Waals surface area contributed by atoms with E-state index in [0.717, 1.165) is 37.2 Å². The predicted molar refractivity (Wildman–Crippen MR) is 86.3 cm³/mol. The third-order valence-corrected chi connectivity index (χ3v) is 8.42. The summed E-state index contributed by atoms with van der Waals surface area (Å²) in [6.07, 6.45) is 2.91. The fraction of sp³-hybridized carbons (Fsp3) is 0.733. The number of nitrogens with one attached hydrogen (secondary N) is 1. The van der Waals surface area contributed by atoms with E-state index >= 15 is 0 Å². The van der Waals surface area contributed by atoms with Gasteiger partial charge in [0.25, 0.3) is 10.0 Å². The minimum Gasteiger partial charge on any atom is -0.315 e. The van der Waals surface area contributed by atoms with Gasteiger partial charge in [-0.3, -0.25) is 0 Å². The van der Waals surface area contributed by atoms with Gasteiger partial charge in [-0.15, -0.1) is 11.3 Å². The fourth-order valence-corrected chi connectivity index (χ4v) is 6.66. The molecule has 2 aliphatic heterocycles. The van der Waals surface area contributed by atoms with Crippen molar-refractivity contribution in [3.8, 4) is 0 Å². The molecule has 6 heteroatoms. The van der Waals surface area contributed by atoms with Gasteiger partial charge < -0.3 is 5.32 Å². The van der Waals surface area contributed by atoms with Gasteiger partial charge in [-0.05, 0) is 43.4 Å². The molecule has 3 rings (SSSR count). The second-order valence-corrected chi connectivity index (χ2v) is 10.2. The highest BCUT2D eigenvalue weighted by molar-refractivity contribution is 7.91. The van der Waals surface area contributed by atoms with Crippen LogP contribution in [0.3, 0.4) is 0 Å². The van der Waals surface area contributed by atoms with E-state index in [2.05, 4.69) is 26.1 Å². The topological polar surface area (TPSA) is 49.4 Å². The molecule has 2 atom stereocenters. The lowest BCUT2D eigenvalue weighted by Crippen LogP contribution is -2.42. The SMILES string of the molecule is CC(C)(C)c1ccc(S(=O)(=O)N2C3CCNCC2CC3)s1. The Labute approximate surface area is 131 Å². The molecule has 2 aliphatic rings.